The van der Waals surface area contributed by atoms with Gasteiger partial charge in [-0.15, -0.1) is 4.91 Å². The van der Waals surface area contributed by atoms with E-state index >= 15 is 0 Å². The molecule has 0 bridgehead atoms. The van der Waals surface area contributed by atoms with Crippen LogP contribution >= 0.6 is 0 Å². The molecule has 1 unspecified atom stereocenters. The molecule has 2 aliphatic carbocycles. The molecule has 0 aromatic heterocycles. The largest absolute Gasteiger partial charge is 0.768 e. The van der Waals surface area contributed by atoms with Crippen molar-refractivity contribution in [2.24, 2.45) is 5.18 Å². The van der Waals surface area contributed by atoms with Crippen LogP contribution in [-0.4, -0.2) is 14.7 Å². The van der Waals surface area contributed by atoms with Gasteiger partial charge in [0.05, 0.1) is 0 Å². The molecule has 0 aromatic carbocycles. The van der Waals surface area contributed by atoms with Crippen LogP contribution < -0.4 is 5.32 Å². The van der Waals surface area contributed by atoms with Crippen molar-refractivity contribution in [3.8, 4) is 0 Å². The second kappa shape index (κ2) is 9.53. The lowest BCUT2D eigenvalue weighted by Crippen LogP contribution is -2.23. The molecule has 0 saturated heterocycles. The van der Waals surface area contributed by atoms with Gasteiger partial charge in [0.2, 0.25) is 5.91 Å². The number of nitrogens with zero attached hydrogens (tertiary/aromatic N) is 1. The van der Waals surface area contributed by atoms with Crippen molar-refractivity contribution in [2.75, 3.05) is 0 Å². The predicted molar refractivity (Wildman–Crippen MR) is 92.2 cm³/mol. The third-order valence-electron chi connectivity index (χ3n) is 4.12. The van der Waals surface area contributed by atoms with E-state index < -0.39 is 16.9 Å². The molecule has 0 saturated carbocycles. The van der Waals surface area contributed by atoms with Crippen molar-refractivity contribution >= 4 is 17.0 Å². The SMILES string of the molecule is O=NC1=C(F)C=C(CCCCC(=O)NC2=CC(S(=O)[O-])=CCC2)CC1. The fourth-order valence-electron chi connectivity index (χ4n) is 2.79. The number of rotatable bonds is 8. The summed E-state index contributed by atoms with van der Waals surface area (Å²) in [6.07, 6.45) is 8.99. The zero-order chi connectivity index (χ0) is 18.2. The minimum Gasteiger partial charge on any atom is -0.768 e. The molecule has 0 aliphatic heterocycles. The number of hydrogen-bond acceptors (Lipinski definition) is 5. The number of carbonyl (C=O) groups excluding carboxylic acids is 1. The van der Waals surface area contributed by atoms with Gasteiger partial charge in [-0.3, -0.25) is 9.00 Å². The Kier molecular flexibility index (Phi) is 7.39. The van der Waals surface area contributed by atoms with Gasteiger partial charge in [0.1, 0.15) is 11.5 Å². The normalized spacial score (nSPS) is 18.9. The Labute approximate surface area is 148 Å². The average molecular weight is 367 g/mol. The Hall–Kier alpha value is -1.93. The average Bonchev–Trinajstić information content (AvgIpc) is 2.59. The highest BCUT2D eigenvalue weighted by atomic mass is 32.2. The molecule has 1 atom stereocenters. The smallest absolute Gasteiger partial charge is 0.224 e. The van der Waals surface area contributed by atoms with E-state index in [2.05, 4.69) is 10.5 Å². The van der Waals surface area contributed by atoms with Crippen molar-refractivity contribution in [2.45, 2.75) is 51.4 Å². The van der Waals surface area contributed by atoms with Crippen LogP contribution in [0, 0.1) is 4.91 Å². The van der Waals surface area contributed by atoms with Gasteiger partial charge < -0.3 is 9.87 Å². The van der Waals surface area contributed by atoms with Crippen molar-refractivity contribution in [3.63, 3.8) is 0 Å². The highest BCUT2D eigenvalue weighted by molar-refractivity contribution is 7.83. The van der Waals surface area contributed by atoms with Crippen LogP contribution in [0.5, 0.6) is 0 Å². The lowest BCUT2D eigenvalue weighted by molar-refractivity contribution is -0.120. The molecule has 2 rings (SSSR count). The molecular formula is C17H20FN2O4S-. The van der Waals surface area contributed by atoms with Gasteiger partial charge in [0, 0.05) is 17.0 Å². The molecule has 0 aromatic rings. The van der Waals surface area contributed by atoms with Crippen molar-refractivity contribution < 1.29 is 17.9 Å². The van der Waals surface area contributed by atoms with Gasteiger partial charge in [-0.1, -0.05) is 11.6 Å². The summed E-state index contributed by atoms with van der Waals surface area (Å²) >= 11 is -2.29. The second-order valence-electron chi connectivity index (χ2n) is 5.99. The molecule has 136 valence electrons. The lowest BCUT2D eigenvalue weighted by Gasteiger charge is -2.16. The van der Waals surface area contributed by atoms with E-state index in [9.17, 15) is 22.9 Å². The predicted octanol–water partition coefficient (Wildman–Crippen LogP) is 3.77. The third kappa shape index (κ3) is 6.13. The molecule has 0 heterocycles. The van der Waals surface area contributed by atoms with Gasteiger partial charge in [0.25, 0.3) is 0 Å². The standard InChI is InChI=1S/C17H21FN2O4S/c18-15-10-12(8-9-16(15)20-22)4-1-2-7-17(21)19-13-5-3-6-14(11-13)25(23)24/h6,10-11H,1-5,7-9H2,(H,19,21)(H,23,24)/p-1. The molecule has 6 nitrogen and oxygen atoms in total. The lowest BCUT2D eigenvalue weighted by atomic mass is 9.97. The van der Waals surface area contributed by atoms with Gasteiger partial charge in [0.15, 0.2) is 0 Å². The summed E-state index contributed by atoms with van der Waals surface area (Å²) in [6.45, 7) is 0. The summed E-state index contributed by atoms with van der Waals surface area (Å²) in [7, 11) is 0. The molecule has 1 amide bonds. The van der Waals surface area contributed by atoms with Gasteiger partial charge >= 0.3 is 0 Å². The number of halogens is 1. The van der Waals surface area contributed by atoms with E-state index in [4.69, 9.17) is 0 Å². The van der Waals surface area contributed by atoms with Crippen molar-refractivity contribution in [1.82, 2.24) is 5.32 Å². The fourth-order valence-corrected chi connectivity index (χ4v) is 3.28. The highest BCUT2D eigenvalue weighted by Gasteiger charge is 2.14. The second-order valence-corrected chi connectivity index (χ2v) is 6.93. The van der Waals surface area contributed by atoms with E-state index in [1.807, 2.05) is 0 Å². The summed E-state index contributed by atoms with van der Waals surface area (Å²) in [5.41, 5.74) is 1.51. The van der Waals surface area contributed by atoms with Gasteiger partial charge in [-0.25, -0.2) is 4.39 Å². The molecule has 8 heteroatoms. The first-order valence-electron chi connectivity index (χ1n) is 8.21. The summed E-state index contributed by atoms with van der Waals surface area (Å²) in [4.78, 5) is 22.5. The molecule has 1 N–H and O–H groups in total. The van der Waals surface area contributed by atoms with Crippen molar-refractivity contribution in [1.29, 1.82) is 0 Å². The minimum atomic E-state index is -2.29. The number of unbranched alkanes of at least 4 members (excludes halogenated alkanes) is 1. The third-order valence-corrected chi connectivity index (χ3v) is 4.79. The number of carbonyl (C=O) groups is 1. The van der Waals surface area contributed by atoms with Crippen LogP contribution in [0.2, 0.25) is 0 Å². The number of allylic oxidation sites excluding steroid dienone is 7. The van der Waals surface area contributed by atoms with Crippen LogP contribution in [0.4, 0.5) is 4.39 Å². The van der Waals surface area contributed by atoms with Crippen LogP contribution in [-0.2, 0) is 15.9 Å². The highest BCUT2D eigenvalue weighted by Crippen LogP contribution is 2.28. The monoisotopic (exact) mass is 367 g/mol. The Morgan fingerprint density at radius 1 is 1.28 bits per heavy atom. The van der Waals surface area contributed by atoms with E-state index in [0.29, 0.717) is 50.6 Å². The molecular weight excluding hydrogens is 347 g/mol. The number of nitrogens with one attached hydrogen (secondary N) is 1. The molecule has 0 radical (unpaired) electrons. The number of amides is 1. The van der Waals surface area contributed by atoms with Gasteiger partial charge in [-0.2, -0.15) is 0 Å². The molecule has 2 aliphatic rings. The first kappa shape index (κ1) is 19.4. The zero-order valence-electron chi connectivity index (χ0n) is 13.8. The zero-order valence-corrected chi connectivity index (χ0v) is 14.6. The Morgan fingerprint density at radius 2 is 2.08 bits per heavy atom. The number of nitroso groups, excluding NO2 is 1. The van der Waals surface area contributed by atoms with E-state index in [-0.39, 0.29) is 16.5 Å². The maximum Gasteiger partial charge on any atom is 0.224 e. The molecule has 0 fully saturated rings. The van der Waals surface area contributed by atoms with Gasteiger partial charge in [-0.05, 0) is 73.4 Å². The maximum absolute atomic E-state index is 13.5. The van der Waals surface area contributed by atoms with Crippen LogP contribution in [0.1, 0.15) is 51.4 Å². The van der Waals surface area contributed by atoms with Crippen LogP contribution in [0.3, 0.4) is 0 Å². The summed E-state index contributed by atoms with van der Waals surface area (Å²) < 4.78 is 35.3. The summed E-state index contributed by atoms with van der Waals surface area (Å²) in [6, 6.07) is 0. The summed E-state index contributed by atoms with van der Waals surface area (Å²) in [5, 5.41) is 5.40. The van der Waals surface area contributed by atoms with Crippen molar-refractivity contribution in [3.05, 3.63) is 50.8 Å². The van der Waals surface area contributed by atoms with E-state index in [1.165, 1.54) is 12.2 Å². The Morgan fingerprint density at radius 3 is 2.76 bits per heavy atom. The van der Waals surface area contributed by atoms with Crippen LogP contribution in [0.15, 0.2) is 51.1 Å². The quantitative estimate of drug-likeness (QED) is 0.401. The Bertz CT molecular complexity index is 695. The first-order valence-corrected chi connectivity index (χ1v) is 9.28. The Balaban J connectivity index is 1.71. The van der Waals surface area contributed by atoms with E-state index in [1.54, 1.807) is 6.08 Å². The molecule has 0 spiro atoms. The first-order chi connectivity index (χ1) is 12.0. The topological polar surface area (TPSA) is 98.7 Å². The fraction of sp³-hybridized carbons (Fsp3) is 0.471. The number of hydrogen-bond donors (Lipinski definition) is 1. The van der Waals surface area contributed by atoms with E-state index in [0.717, 1.165) is 12.0 Å². The van der Waals surface area contributed by atoms with Crippen LogP contribution in [0.25, 0.3) is 0 Å². The maximum atomic E-state index is 13.5. The minimum absolute atomic E-state index is 0.0312. The summed E-state index contributed by atoms with van der Waals surface area (Å²) in [5.74, 6) is -0.710. The molecule has 25 heavy (non-hydrogen) atoms.